The van der Waals surface area contributed by atoms with E-state index in [2.05, 4.69) is 21.2 Å². The molecule has 2 aromatic rings. The molecule has 2 aromatic carbocycles. The topological polar surface area (TPSA) is 12.0 Å². The molecule has 0 spiro atoms. The van der Waals surface area contributed by atoms with Crippen LogP contribution in [0.1, 0.15) is 18.4 Å². The van der Waals surface area contributed by atoms with E-state index in [1.165, 1.54) is 18.9 Å². The average molecular weight is 352 g/mol. The Kier molecular flexibility index (Phi) is 4.44. The monoisotopic (exact) mass is 351 g/mol. The maximum atomic E-state index is 14.1. The van der Waals surface area contributed by atoms with Crippen molar-refractivity contribution in [3.05, 3.63) is 58.3 Å². The molecule has 1 N–H and O–H groups in total. The first-order valence-corrected chi connectivity index (χ1v) is 8.28. The lowest BCUT2D eigenvalue weighted by molar-refractivity contribution is 0.579. The van der Waals surface area contributed by atoms with Crippen LogP contribution in [0.5, 0.6) is 0 Å². The molecule has 0 radical (unpaired) electrons. The van der Waals surface area contributed by atoms with E-state index >= 15 is 0 Å². The number of nitrogens with one attached hydrogen (secondary N) is 1. The summed E-state index contributed by atoms with van der Waals surface area (Å²) < 4.78 is 15.1. The number of rotatable bonds is 5. The number of halogens is 2. The molecule has 0 aromatic heterocycles. The summed E-state index contributed by atoms with van der Waals surface area (Å²) in [6.45, 7) is 0.601. The van der Waals surface area contributed by atoms with Gasteiger partial charge in [0.15, 0.2) is 0 Å². The van der Waals surface area contributed by atoms with E-state index in [1.807, 2.05) is 30.3 Å². The Labute approximate surface area is 131 Å². The SMILES string of the molecule is Fc1cccc(Sc2ccccc2Br)c1CNC1CC1. The van der Waals surface area contributed by atoms with Gasteiger partial charge < -0.3 is 5.32 Å². The van der Waals surface area contributed by atoms with Gasteiger partial charge in [-0.25, -0.2) is 4.39 Å². The predicted octanol–water partition coefficient (Wildman–Crippen LogP) is 4.99. The minimum Gasteiger partial charge on any atom is -0.310 e. The normalized spacial score (nSPS) is 14.5. The molecule has 104 valence electrons. The van der Waals surface area contributed by atoms with Crippen molar-refractivity contribution in [3.63, 3.8) is 0 Å². The van der Waals surface area contributed by atoms with E-state index in [-0.39, 0.29) is 5.82 Å². The largest absolute Gasteiger partial charge is 0.310 e. The molecule has 0 bridgehead atoms. The second-order valence-corrected chi connectivity index (χ2v) is 6.84. The van der Waals surface area contributed by atoms with Crippen LogP contribution < -0.4 is 5.32 Å². The summed E-state index contributed by atoms with van der Waals surface area (Å²) in [5.74, 6) is -0.129. The smallest absolute Gasteiger partial charge is 0.128 e. The highest BCUT2D eigenvalue weighted by atomic mass is 79.9. The van der Waals surface area contributed by atoms with Gasteiger partial charge in [0.2, 0.25) is 0 Å². The highest BCUT2D eigenvalue weighted by Crippen LogP contribution is 2.36. The van der Waals surface area contributed by atoms with Crippen LogP contribution in [0.15, 0.2) is 56.7 Å². The Morgan fingerprint density at radius 1 is 1.10 bits per heavy atom. The average Bonchev–Trinajstić information content (AvgIpc) is 3.25. The van der Waals surface area contributed by atoms with Crippen LogP contribution in [0, 0.1) is 5.82 Å². The molecule has 3 rings (SSSR count). The van der Waals surface area contributed by atoms with Crippen molar-refractivity contribution in [2.75, 3.05) is 0 Å². The second kappa shape index (κ2) is 6.29. The first-order chi connectivity index (χ1) is 9.74. The molecular weight excluding hydrogens is 337 g/mol. The maximum absolute atomic E-state index is 14.1. The van der Waals surface area contributed by atoms with Crippen molar-refractivity contribution >= 4 is 27.7 Å². The maximum Gasteiger partial charge on any atom is 0.128 e. The molecule has 0 aliphatic heterocycles. The van der Waals surface area contributed by atoms with E-state index in [0.29, 0.717) is 12.6 Å². The van der Waals surface area contributed by atoms with Crippen molar-refractivity contribution in [1.29, 1.82) is 0 Å². The van der Waals surface area contributed by atoms with Crippen LogP contribution in [0.2, 0.25) is 0 Å². The van der Waals surface area contributed by atoms with Gasteiger partial charge in [0.05, 0.1) is 0 Å². The Morgan fingerprint density at radius 3 is 2.60 bits per heavy atom. The van der Waals surface area contributed by atoms with Gasteiger partial charge in [-0.05, 0) is 53.0 Å². The summed E-state index contributed by atoms with van der Waals surface area (Å²) in [7, 11) is 0. The van der Waals surface area contributed by atoms with E-state index in [4.69, 9.17) is 0 Å². The summed E-state index contributed by atoms with van der Waals surface area (Å²) in [6, 6.07) is 13.9. The van der Waals surface area contributed by atoms with Crippen LogP contribution >= 0.6 is 27.7 Å². The highest BCUT2D eigenvalue weighted by Gasteiger charge is 2.21. The van der Waals surface area contributed by atoms with Crippen molar-refractivity contribution in [1.82, 2.24) is 5.32 Å². The third-order valence-corrected chi connectivity index (χ3v) is 5.41. The van der Waals surface area contributed by atoms with Gasteiger partial charge in [-0.2, -0.15) is 0 Å². The first kappa shape index (κ1) is 14.1. The van der Waals surface area contributed by atoms with Crippen LogP contribution in [0.3, 0.4) is 0 Å². The Hall–Kier alpha value is -0.840. The molecule has 0 amide bonds. The zero-order chi connectivity index (χ0) is 13.9. The molecule has 1 fully saturated rings. The van der Waals surface area contributed by atoms with Crippen molar-refractivity contribution in [2.24, 2.45) is 0 Å². The van der Waals surface area contributed by atoms with Gasteiger partial charge in [-0.3, -0.25) is 0 Å². The quantitative estimate of drug-likeness (QED) is 0.814. The number of hydrogen-bond acceptors (Lipinski definition) is 2. The number of benzene rings is 2. The summed E-state index contributed by atoms with van der Waals surface area (Å²) in [6.07, 6.45) is 2.42. The van der Waals surface area contributed by atoms with E-state index in [9.17, 15) is 4.39 Å². The third-order valence-electron chi connectivity index (χ3n) is 3.28. The van der Waals surface area contributed by atoms with Gasteiger partial charge in [-0.15, -0.1) is 0 Å². The van der Waals surface area contributed by atoms with Crippen molar-refractivity contribution in [3.8, 4) is 0 Å². The number of hydrogen-bond donors (Lipinski definition) is 1. The van der Waals surface area contributed by atoms with Crippen LogP contribution in [-0.4, -0.2) is 6.04 Å². The Bertz CT molecular complexity index is 613. The van der Waals surface area contributed by atoms with E-state index < -0.39 is 0 Å². The fourth-order valence-electron chi connectivity index (χ4n) is 1.99. The molecular formula is C16H15BrFNS. The molecule has 1 aliphatic carbocycles. The molecule has 0 unspecified atom stereocenters. The molecule has 4 heteroatoms. The minimum absolute atomic E-state index is 0.129. The molecule has 0 saturated heterocycles. The molecule has 1 aliphatic rings. The van der Waals surface area contributed by atoms with Gasteiger partial charge in [0, 0.05) is 32.4 Å². The van der Waals surface area contributed by atoms with Gasteiger partial charge in [0.1, 0.15) is 5.82 Å². The molecule has 0 heterocycles. The van der Waals surface area contributed by atoms with E-state index in [1.54, 1.807) is 17.8 Å². The second-order valence-electron chi connectivity index (χ2n) is 4.90. The Morgan fingerprint density at radius 2 is 1.85 bits per heavy atom. The van der Waals surface area contributed by atoms with E-state index in [0.717, 1.165) is 19.8 Å². The summed E-state index contributed by atoms with van der Waals surface area (Å²) in [5, 5.41) is 3.39. The zero-order valence-electron chi connectivity index (χ0n) is 10.9. The van der Waals surface area contributed by atoms with Crippen LogP contribution in [0.25, 0.3) is 0 Å². The lowest BCUT2D eigenvalue weighted by Gasteiger charge is -2.12. The standard InChI is InChI=1S/C16H15BrFNS/c17-13-4-1-2-6-16(13)20-15-7-3-5-14(18)12(15)10-19-11-8-9-11/h1-7,11,19H,8-10H2. The van der Waals surface area contributed by atoms with Crippen LogP contribution in [-0.2, 0) is 6.54 Å². The Balaban J connectivity index is 1.84. The molecule has 1 nitrogen and oxygen atoms in total. The summed E-state index contributed by atoms with van der Waals surface area (Å²) in [4.78, 5) is 2.08. The zero-order valence-corrected chi connectivity index (χ0v) is 13.3. The van der Waals surface area contributed by atoms with Gasteiger partial charge >= 0.3 is 0 Å². The molecule has 1 saturated carbocycles. The molecule has 20 heavy (non-hydrogen) atoms. The van der Waals surface area contributed by atoms with Crippen molar-refractivity contribution < 1.29 is 4.39 Å². The minimum atomic E-state index is -0.129. The first-order valence-electron chi connectivity index (χ1n) is 6.67. The molecule has 0 atom stereocenters. The van der Waals surface area contributed by atoms with Crippen LogP contribution in [0.4, 0.5) is 4.39 Å². The summed E-state index contributed by atoms with van der Waals surface area (Å²) in [5.41, 5.74) is 0.764. The lowest BCUT2D eigenvalue weighted by Crippen LogP contribution is -2.16. The third kappa shape index (κ3) is 3.43. The van der Waals surface area contributed by atoms with Gasteiger partial charge in [0.25, 0.3) is 0 Å². The fourth-order valence-corrected chi connectivity index (χ4v) is 3.50. The highest BCUT2D eigenvalue weighted by molar-refractivity contribution is 9.10. The fraction of sp³-hybridized carbons (Fsp3) is 0.250. The predicted molar refractivity (Wildman–Crippen MR) is 84.5 cm³/mol. The summed E-state index contributed by atoms with van der Waals surface area (Å²) >= 11 is 5.14. The van der Waals surface area contributed by atoms with Gasteiger partial charge in [-0.1, -0.05) is 30.0 Å². The van der Waals surface area contributed by atoms with Crippen molar-refractivity contribution in [2.45, 2.75) is 35.2 Å². The lowest BCUT2D eigenvalue weighted by atomic mass is 10.2.